The van der Waals surface area contributed by atoms with Gasteiger partial charge in [0.15, 0.2) is 0 Å². The van der Waals surface area contributed by atoms with E-state index in [4.69, 9.17) is 16.3 Å². The van der Waals surface area contributed by atoms with Crippen LogP contribution in [-0.2, 0) is 6.61 Å². The number of halogens is 1. The molecule has 0 saturated carbocycles. The van der Waals surface area contributed by atoms with Gasteiger partial charge in [0, 0.05) is 23.2 Å². The molecule has 2 aromatic heterocycles. The first kappa shape index (κ1) is 15.6. The minimum atomic E-state index is 0.475. The quantitative estimate of drug-likeness (QED) is 0.456. The molecule has 3 nitrogen and oxygen atoms in total. The molecule has 0 bridgehead atoms. The van der Waals surface area contributed by atoms with Crippen LogP contribution in [0.1, 0.15) is 5.56 Å². The van der Waals surface area contributed by atoms with Gasteiger partial charge in [-0.3, -0.25) is 0 Å². The van der Waals surface area contributed by atoms with Crippen molar-refractivity contribution in [3.63, 3.8) is 0 Å². The number of nitrogens with zero attached hydrogens (tertiary/aromatic N) is 2. The SMILES string of the molecule is Clc1nc(-c2ccnc(OCc3ccccc3)c2)cc2ccccc12. The molecule has 4 aromatic rings. The molecule has 0 aliphatic rings. The van der Waals surface area contributed by atoms with Crippen LogP contribution in [0.4, 0.5) is 0 Å². The van der Waals surface area contributed by atoms with Gasteiger partial charge >= 0.3 is 0 Å². The van der Waals surface area contributed by atoms with Gasteiger partial charge in [-0.25, -0.2) is 9.97 Å². The van der Waals surface area contributed by atoms with Crippen LogP contribution in [0.2, 0.25) is 5.15 Å². The van der Waals surface area contributed by atoms with Gasteiger partial charge in [0.1, 0.15) is 11.8 Å². The molecule has 0 N–H and O–H groups in total. The van der Waals surface area contributed by atoms with Crippen LogP contribution in [-0.4, -0.2) is 9.97 Å². The monoisotopic (exact) mass is 346 g/mol. The van der Waals surface area contributed by atoms with E-state index < -0.39 is 0 Å². The Hall–Kier alpha value is -2.91. The highest BCUT2D eigenvalue weighted by atomic mass is 35.5. The lowest BCUT2D eigenvalue weighted by Gasteiger charge is -2.08. The van der Waals surface area contributed by atoms with Crippen LogP contribution in [0.25, 0.3) is 22.0 Å². The van der Waals surface area contributed by atoms with Crippen molar-refractivity contribution < 1.29 is 4.74 Å². The first-order valence-corrected chi connectivity index (χ1v) is 8.36. The molecular weight excluding hydrogens is 332 g/mol. The van der Waals surface area contributed by atoms with E-state index in [1.165, 1.54) is 0 Å². The van der Waals surface area contributed by atoms with E-state index in [1.54, 1.807) is 6.20 Å². The highest BCUT2D eigenvalue weighted by Gasteiger charge is 2.07. The standard InChI is InChI=1S/C21H15ClN2O/c22-21-18-9-5-4-8-16(18)12-19(24-21)17-10-11-23-20(13-17)25-14-15-6-2-1-3-7-15/h1-13H,14H2. The molecule has 0 atom stereocenters. The summed E-state index contributed by atoms with van der Waals surface area (Å²) in [6, 6.07) is 23.8. The molecule has 0 aliphatic heterocycles. The van der Waals surface area contributed by atoms with Crippen LogP contribution < -0.4 is 4.74 Å². The Bertz CT molecular complexity index is 1020. The summed E-state index contributed by atoms with van der Waals surface area (Å²) >= 11 is 6.34. The number of aromatic nitrogens is 2. The van der Waals surface area contributed by atoms with Crippen molar-refractivity contribution in [2.24, 2.45) is 0 Å². The summed E-state index contributed by atoms with van der Waals surface area (Å²) in [5.74, 6) is 0.562. The molecule has 0 spiro atoms. The zero-order valence-corrected chi connectivity index (χ0v) is 14.1. The average molecular weight is 347 g/mol. The molecule has 0 unspecified atom stereocenters. The maximum Gasteiger partial charge on any atom is 0.214 e. The molecule has 0 saturated heterocycles. The maximum atomic E-state index is 6.34. The fourth-order valence-electron chi connectivity index (χ4n) is 2.68. The predicted molar refractivity (Wildman–Crippen MR) is 101 cm³/mol. The summed E-state index contributed by atoms with van der Waals surface area (Å²) in [6.07, 6.45) is 1.72. The van der Waals surface area contributed by atoms with Gasteiger partial charge in [0.25, 0.3) is 0 Å². The number of hydrogen-bond donors (Lipinski definition) is 0. The lowest BCUT2D eigenvalue weighted by atomic mass is 10.1. The minimum absolute atomic E-state index is 0.475. The van der Waals surface area contributed by atoms with Crippen molar-refractivity contribution in [3.8, 4) is 17.1 Å². The van der Waals surface area contributed by atoms with Gasteiger partial charge in [0.2, 0.25) is 5.88 Å². The van der Waals surface area contributed by atoms with Gasteiger partial charge in [-0.1, -0.05) is 66.2 Å². The highest BCUT2D eigenvalue weighted by molar-refractivity contribution is 6.34. The molecule has 0 aliphatic carbocycles. The van der Waals surface area contributed by atoms with Crippen molar-refractivity contribution in [2.75, 3.05) is 0 Å². The molecule has 4 rings (SSSR count). The van der Waals surface area contributed by atoms with Crippen molar-refractivity contribution in [3.05, 3.63) is 89.7 Å². The third-order valence-electron chi connectivity index (χ3n) is 3.95. The number of hydrogen-bond acceptors (Lipinski definition) is 3. The Labute approximate surface area is 150 Å². The Morgan fingerprint density at radius 3 is 2.56 bits per heavy atom. The summed E-state index contributed by atoms with van der Waals surface area (Å²) < 4.78 is 5.80. The molecule has 25 heavy (non-hydrogen) atoms. The average Bonchev–Trinajstić information content (AvgIpc) is 2.67. The molecule has 2 heterocycles. The molecule has 4 heteroatoms. The second-order valence-electron chi connectivity index (χ2n) is 5.68. The first-order chi connectivity index (χ1) is 12.3. The second kappa shape index (κ2) is 6.91. The van der Waals surface area contributed by atoms with Gasteiger partial charge in [-0.05, 0) is 23.1 Å². The van der Waals surface area contributed by atoms with Crippen LogP contribution in [0, 0.1) is 0 Å². The lowest BCUT2D eigenvalue weighted by molar-refractivity contribution is 0.294. The maximum absolute atomic E-state index is 6.34. The van der Waals surface area contributed by atoms with E-state index in [2.05, 4.69) is 9.97 Å². The van der Waals surface area contributed by atoms with Crippen molar-refractivity contribution in [2.45, 2.75) is 6.61 Å². The van der Waals surface area contributed by atoms with Gasteiger partial charge in [-0.2, -0.15) is 0 Å². The fraction of sp³-hybridized carbons (Fsp3) is 0.0476. The summed E-state index contributed by atoms with van der Waals surface area (Å²) in [4.78, 5) is 8.79. The molecule has 2 aromatic carbocycles. The number of ether oxygens (including phenoxy) is 1. The Morgan fingerprint density at radius 1 is 0.880 bits per heavy atom. The third kappa shape index (κ3) is 3.47. The Kier molecular flexibility index (Phi) is 4.32. The van der Waals surface area contributed by atoms with Gasteiger partial charge < -0.3 is 4.74 Å². The van der Waals surface area contributed by atoms with Crippen LogP contribution in [0.15, 0.2) is 79.0 Å². The van der Waals surface area contributed by atoms with Crippen molar-refractivity contribution in [1.29, 1.82) is 0 Å². The van der Waals surface area contributed by atoms with E-state index in [-0.39, 0.29) is 0 Å². The summed E-state index contributed by atoms with van der Waals surface area (Å²) in [5.41, 5.74) is 2.82. The number of rotatable bonds is 4. The smallest absolute Gasteiger partial charge is 0.214 e. The van der Waals surface area contributed by atoms with E-state index in [0.717, 1.165) is 27.6 Å². The van der Waals surface area contributed by atoms with E-state index in [9.17, 15) is 0 Å². The zero-order valence-electron chi connectivity index (χ0n) is 13.4. The number of benzene rings is 2. The second-order valence-corrected chi connectivity index (χ2v) is 6.03. The van der Waals surface area contributed by atoms with Crippen molar-refractivity contribution >= 4 is 22.4 Å². The minimum Gasteiger partial charge on any atom is -0.473 e. The van der Waals surface area contributed by atoms with Crippen LogP contribution in [0.5, 0.6) is 5.88 Å². The molecule has 0 fully saturated rings. The predicted octanol–water partition coefficient (Wildman–Crippen LogP) is 5.53. The largest absolute Gasteiger partial charge is 0.473 e. The zero-order chi connectivity index (χ0) is 17.1. The van der Waals surface area contributed by atoms with Crippen LogP contribution >= 0.6 is 11.6 Å². The van der Waals surface area contributed by atoms with E-state index >= 15 is 0 Å². The lowest BCUT2D eigenvalue weighted by Crippen LogP contribution is -1.97. The van der Waals surface area contributed by atoms with E-state index in [0.29, 0.717) is 17.6 Å². The summed E-state index contributed by atoms with van der Waals surface area (Å²) in [7, 11) is 0. The molecular formula is C21H15ClN2O. The summed E-state index contributed by atoms with van der Waals surface area (Å²) in [6.45, 7) is 0.475. The molecule has 0 amide bonds. The third-order valence-corrected chi connectivity index (χ3v) is 4.24. The molecule has 0 radical (unpaired) electrons. The number of pyridine rings is 2. The highest BCUT2D eigenvalue weighted by Crippen LogP contribution is 2.28. The van der Waals surface area contributed by atoms with Crippen LogP contribution in [0.3, 0.4) is 0 Å². The fourth-order valence-corrected chi connectivity index (χ4v) is 2.95. The topological polar surface area (TPSA) is 35.0 Å². The first-order valence-electron chi connectivity index (χ1n) is 7.98. The van der Waals surface area contributed by atoms with E-state index in [1.807, 2.05) is 72.8 Å². The van der Waals surface area contributed by atoms with Gasteiger partial charge in [0.05, 0.1) is 5.69 Å². The summed E-state index contributed by atoms with van der Waals surface area (Å²) in [5, 5.41) is 2.50. The Morgan fingerprint density at radius 2 is 1.68 bits per heavy atom. The number of fused-ring (bicyclic) bond motifs is 1. The normalized spacial score (nSPS) is 10.8. The Balaban J connectivity index is 1.63. The molecule has 122 valence electrons. The van der Waals surface area contributed by atoms with Crippen molar-refractivity contribution in [1.82, 2.24) is 9.97 Å². The van der Waals surface area contributed by atoms with Gasteiger partial charge in [-0.15, -0.1) is 0 Å².